The topological polar surface area (TPSA) is 3.24 Å². The lowest BCUT2D eigenvalue weighted by molar-refractivity contribution is -0.0399. The minimum Gasteiger partial charge on any atom is -0.310 e. The Bertz CT molecular complexity index is 2770. The van der Waals surface area contributed by atoms with Crippen LogP contribution < -0.4 is 4.90 Å². The Morgan fingerprint density at radius 2 is 0.780 bits per heavy atom. The molecule has 4 bridgehead atoms. The van der Waals surface area contributed by atoms with Crippen LogP contribution in [0, 0.1) is 23.7 Å². The smallest absolute Gasteiger partial charge is 0.0465 e. The van der Waals surface area contributed by atoms with E-state index in [4.69, 9.17) is 0 Å². The van der Waals surface area contributed by atoms with E-state index in [9.17, 15) is 0 Å². The number of anilines is 3. The van der Waals surface area contributed by atoms with Crippen LogP contribution in [0.1, 0.15) is 93.2 Å². The summed E-state index contributed by atoms with van der Waals surface area (Å²) in [7, 11) is 0. The van der Waals surface area contributed by atoms with Crippen LogP contribution in [-0.4, -0.2) is 0 Å². The van der Waals surface area contributed by atoms with Gasteiger partial charge in [0.25, 0.3) is 0 Å². The lowest BCUT2D eigenvalue weighted by Crippen LogP contribution is -2.55. The van der Waals surface area contributed by atoms with Crippen LogP contribution in [0.15, 0.2) is 152 Å². The molecule has 14 rings (SSSR count). The first-order valence-electron chi connectivity index (χ1n) is 22.3. The van der Waals surface area contributed by atoms with Gasteiger partial charge in [-0.1, -0.05) is 137 Å². The van der Waals surface area contributed by atoms with E-state index in [0.29, 0.717) is 0 Å². The van der Waals surface area contributed by atoms with Gasteiger partial charge >= 0.3 is 0 Å². The van der Waals surface area contributed by atoms with Gasteiger partial charge in [0.1, 0.15) is 0 Å². The second-order valence-corrected chi connectivity index (χ2v) is 20.2. The van der Waals surface area contributed by atoms with Gasteiger partial charge in [-0.05, 0) is 176 Å². The molecule has 0 amide bonds. The maximum absolute atomic E-state index is 2.56. The summed E-state index contributed by atoms with van der Waals surface area (Å²) in [5.41, 5.74) is 23.4. The normalized spacial score (nSPS) is 24.9. The van der Waals surface area contributed by atoms with Crippen molar-refractivity contribution in [3.8, 4) is 44.5 Å². The summed E-state index contributed by atoms with van der Waals surface area (Å²) in [6.07, 6.45) is 7.17. The van der Waals surface area contributed by atoms with E-state index in [1.54, 1.807) is 11.1 Å². The van der Waals surface area contributed by atoms with Gasteiger partial charge in [0.2, 0.25) is 0 Å². The highest BCUT2D eigenvalue weighted by molar-refractivity contribution is 5.90. The van der Waals surface area contributed by atoms with E-state index in [0.717, 1.165) is 23.7 Å². The fraction of sp³-hybridized carbons (Fsp3) is 0.276. The molecule has 1 nitrogen and oxygen atoms in total. The first kappa shape index (κ1) is 34.2. The fourth-order valence-corrected chi connectivity index (χ4v) is 14.3. The zero-order chi connectivity index (χ0) is 39.4. The third-order valence-corrected chi connectivity index (χ3v) is 16.7. The molecule has 0 aliphatic heterocycles. The molecule has 0 saturated heterocycles. The molecule has 7 aromatic carbocycles. The van der Waals surface area contributed by atoms with Crippen LogP contribution in [0.4, 0.5) is 17.1 Å². The average Bonchev–Trinajstić information content (AvgIpc) is 3.77. The summed E-state index contributed by atoms with van der Waals surface area (Å²) in [6, 6.07) is 58.8. The van der Waals surface area contributed by atoms with Gasteiger partial charge < -0.3 is 4.90 Å². The Kier molecular flexibility index (Phi) is 6.82. The van der Waals surface area contributed by atoms with Crippen molar-refractivity contribution in [2.45, 2.75) is 76.0 Å². The van der Waals surface area contributed by atoms with Crippen molar-refractivity contribution in [2.75, 3.05) is 4.90 Å². The minimum atomic E-state index is -0.0829. The van der Waals surface area contributed by atoms with E-state index in [2.05, 4.69) is 184 Å². The van der Waals surface area contributed by atoms with E-state index in [-0.39, 0.29) is 16.2 Å². The Morgan fingerprint density at radius 1 is 0.356 bits per heavy atom. The van der Waals surface area contributed by atoms with Crippen molar-refractivity contribution < 1.29 is 0 Å². The Hall–Kier alpha value is -5.66. The first-order chi connectivity index (χ1) is 28.7. The number of hydrogen-bond acceptors (Lipinski definition) is 1. The standard InChI is InChI=1S/C58H51N/c1-56(2)50-14-8-5-11-44(50)47-24-22-42(33-54(47)56)59(43-23-25-48-45-12-6-9-15-51(45)57(3,4)55(48)34-43)41-20-17-37(18-21-41)38-19-26-53-49(32-38)46-13-7-10-16-52(46)58(53)39-28-35-27-36(30-39)31-40(58)29-35/h5-26,32-36,39-40H,27-31H2,1-4H3. The maximum atomic E-state index is 2.56. The van der Waals surface area contributed by atoms with E-state index < -0.39 is 0 Å². The highest BCUT2D eigenvalue weighted by atomic mass is 15.1. The first-order valence-corrected chi connectivity index (χ1v) is 22.3. The van der Waals surface area contributed by atoms with Gasteiger partial charge in [-0.2, -0.15) is 0 Å². The van der Waals surface area contributed by atoms with Crippen LogP contribution in [0.2, 0.25) is 0 Å². The number of hydrogen-bond donors (Lipinski definition) is 0. The molecule has 0 heterocycles. The van der Waals surface area contributed by atoms with Crippen molar-refractivity contribution in [1.82, 2.24) is 0 Å². The highest BCUT2D eigenvalue weighted by Crippen LogP contribution is 2.69. The second-order valence-electron chi connectivity index (χ2n) is 20.2. The second kappa shape index (κ2) is 11.8. The lowest BCUT2D eigenvalue weighted by atomic mass is 9.43. The Labute approximate surface area is 349 Å². The molecule has 7 aliphatic carbocycles. The molecule has 0 N–H and O–H groups in total. The molecule has 0 aromatic heterocycles. The molecule has 7 aliphatic rings. The molecular weight excluding hydrogens is 711 g/mol. The van der Waals surface area contributed by atoms with Gasteiger partial charge in [-0.25, -0.2) is 0 Å². The Balaban J connectivity index is 0.924. The van der Waals surface area contributed by atoms with Crippen LogP contribution in [0.25, 0.3) is 44.5 Å². The minimum absolute atomic E-state index is 0.0829. The molecule has 1 spiro atoms. The quantitative estimate of drug-likeness (QED) is 0.173. The summed E-state index contributed by atoms with van der Waals surface area (Å²) in [4.78, 5) is 2.50. The van der Waals surface area contributed by atoms with Crippen molar-refractivity contribution >= 4 is 17.1 Å². The zero-order valence-electron chi connectivity index (χ0n) is 34.7. The molecule has 288 valence electrons. The molecule has 0 atom stereocenters. The molecule has 0 radical (unpaired) electrons. The third kappa shape index (κ3) is 4.47. The predicted molar refractivity (Wildman–Crippen MR) is 245 cm³/mol. The average molecular weight is 762 g/mol. The van der Waals surface area contributed by atoms with Crippen LogP contribution in [-0.2, 0) is 16.2 Å². The van der Waals surface area contributed by atoms with Crippen LogP contribution in [0.5, 0.6) is 0 Å². The largest absolute Gasteiger partial charge is 0.310 e. The SMILES string of the molecule is CC1(C)c2ccccc2-c2ccc(N(c3ccc(-c4ccc5c(c4)-c4ccccc4C54C5CC6CC(C5)CC4C6)cc3)c3ccc4c(c3)C(C)(C)c3ccccc3-4)cc21. The number of rotatable bonds is 4. The number of fused-ring (bicyclic) bond motifs is 9. The highest BCUT2D eigenvalue weighted by Gasteiger charge is 2.61. The van der Waals surface area contributed by atoms with E-state index >= 15 is 0 Å². The molecule has 4 saturated carbocycles. The lowest BCUT2D eigenvalue weighted by Gasteiger charge is -2.61. The van der Waals surface area contributed by atoms with Gasteiger partial charge in [-0.15, -0.1) is 0 Å². The van der Waals surface area contributed by atoms with Crippen molar-refractivity contribution in [3.63, 3.8) is 0 Å². The van der Waals surface area contributed by atoms with E-state index in [1.165, 1.54) is 116 Å². The third-order valence-electron chi connectivity index (χ3n) is 16.7. The van der Waals surface area contributed by atoms with Crippen molar-refractivity contribution in [3.05, 3.63) is 185 Å². The molecule has 59 heavy (non-hydrogen) atoms. The van der Waals surface area contributed by atoms with Crippen LogP contribution in [0.3, 0.4) is 0 Å². The number of nitrogens with zero attached hydrogens (tertiary/aromatic N) is 1. The van der Waals surface area contributed by atoms with Gasteiger partial charge in [0, 0.05) is 33.3 Å². The van der Waals surface area contributed by atoms with Gasteiger partial charge in [0.05, 0.1) is 0 Å². The Morgan fingerprint density at radius 3 is 1.32 bits per heavy atom. The molecule has 7 aromatic rings. The monoisotopic (exact) mass is 761 g/mol. The summed E-state index contributed by atoms with van der Waals surface area (Å²) < 4.78 is 0. The summed E-state index contributed by atoms with van der Waals surface area (Å²) in [5.74, 6) is 3.48. The molecular formula is C58H51N. The number of benzene rings is 7. The predicted octanol–water partition coefficient (Wildman–Crippen LogP) is 15.2. The maximum Gasteiger partial charge on any atom is 0.0465 e. The van der Waals surface area contributed by atoms with Crippen molar-refractivity contribution in [1.29, 1.82) is 0 Å². The van der Waals surface area contributed by atoms with Crippen LogP contribution >= 0.6 is 0 Å². The van der Waals surface area contributed by atoms with Gasteiger partial charge in [-0.3, -0.25) is 0 Å². The van der Waals surface area contributed by atoms with Gasteiger partial charge in [0.15, 0.2) is 0 Å². The molecule has 4 fully saturated rings. The fourth-order valence-electron chi connectivity index (χ4n) is 14.3. The van der Waals surface area contributed by atoms with Crippen molar-refractivity contribution in [2.24, 2.45) is 23.7 Å². The molecule has 0 unspecified atom stereocenters. The molecule has 1 heteroatoms. The summed E-state index contributed by atoms with van der Waals surface area (Å²) >= 11 is 0. The zero-order valence-corrected chi connectivity index (χ0v) is 34.7. The summed E-state index contributed by atoms with van der Waals surface area (Å²) in [5, 5.41) is 0. The van der Waals surface area contributed by atoms with E-state index in [1.807, 2.05) is 0 Å². The summed E-state index contributed by atoms with van der Waals surface area (Å²) in [6.45, 7) is 9.54.